The van der Waals surface area contributed by atoms with Crippen LogP contribution >= 0.6 is 0 Å². The van der Waals surface area contributed by atoms with Crippen molar-refractivity contribution in [2.24, 2.45) is 0 Å². The molecule has 1 aromatic heterocycles. The molecule has 0 saturated carbocycles. The molecule has 5 heteroatoms. The maximum atomic E-state index is 11.8. The van der Waals surface area contributed by atoms with Crippen LogP contribution in [-0.4, -0.2) is 8.42 Å². The average molecular weight is 150 g/mol. The predicted octanol–water partition coefficient (Wildman–Crippen LogP) is 0.938. The number of furan rings is 1. The molecule has 0 amide bonds. The first-order valence-corrected chi connectivity index (χ1v) is 3.47. The third-order valence-corrected chi connectivity index (χ3v) is 1.45. The fourth-order valence-corrected chi connectivity index (χ4v) is 0.814. The van der Waals surface area contributed by atoms with Gasteiger partial charge in [-0.2, -0.15) is 8.42 Å². The molecule has 0 aliphatic carbocycles. The minimum Gasteiger partial charge on any atom is -0.451 e. The zero-order valence-corrected chi connectivity index (χ0v) is 5.06. The van der Waals surface area contributed by atoms with Crippen molar-refractivity contribution in [3.63, 3.8) is 0 Å². The van der Waals surface area contributed by atoms with Gasteiger partial charge in [0.2, 0.25) is 5.09 Å². The van der Waals surface area contributed by atoms with Crippen LogP contribution in [0.1, 0.15) is 0 Å². The molecule has 0 saturated heterocycles. The summed E-state index contributed by atoms with van der Waals surface area (Å²) in [5.74, 6) is 0. The first-order chi connectivity index (χ1) is 4.11. The van der Waals surface area contributed by atoms with Gasteiger partial charge in [0.05, 0.1) is 6.26 Å². The summed E-state index contributed by atoms with van der Waals surface area (Å²) in [7, 11) is -4.63. The topological polar surface area (TPSA) is 47.3 Å². The third-order valence-electron chi connectivity index (χ3n) is 0.735. The summed E-state index contributed by atoms with van der Waals surface area (Å²) in [6.45, 7) is 0. The van der Waals surface area contributed by atoms with Gasteiger partial charge in [-0.1, -0.05) is 3.89 Å². The van der Waals surface area contributed by atoms with Crippen molar-refractivity contribution < 1.29 is 16.7 Å². The molecule has 0 aliphatic rings. The van der Waals surface area contributed by atoms with Gasteiger partial charge in [-0.15, -0.1) is 0 Å². The highest BCUT2D eigenvalue weighted by molar-refractivity contribution is 7.86. The smallest absolute Gasteiger partial charge is 0.365 e. The molecule has 0 spiro atoms. The van der Waals surface area contributed by atoms with Gasteiger partial charge in [-0.3, -0.25) is 0 Å². The summed E-state index contributed by atoms with van der Waals surface area (Å²) in [5, 5.41) is -0.650. The number of halogens is 1. The van der Waals surface area contributed by atoms with Gasteiger partial charge < -0.3 is 4.42 Å². The van der Waals surface area contributed by atoms with E-state index in [-0.39, 0.29) is 0 Å². The maximum Gasteiger partial charge on any atom is 0.365 e. The molecule has 0 bridgehead atoms. The highest BCUT2D eigenvalue weighted by Crippen LogP contribution is 2.10. The van der Waals surface area contributed by atoms with Gasteiger partial charge in [0.15, 0.2) is 0 Å². The van der Waals surface area contributed by atoms with Crippen molar-refractivity contribution in [1.29, 1.82) is 0 Å². The van der Waals surface area contributed by atoms with Gasteiger partial charge >= 0.3 is 10.2 Å². The van der Waals surface area contributed by atoms with Crippen LogP contribution in [0.2, 0.25) is 0 Å². The quantitative estimate of drug-likeness (QED) is 0.559. The van der Waals surface area contributed by atoms with E-state index in [4.69, 9.17) is 0 Å². The van der Waals surface area contributed by atoms with Crippen molar-refractivity contribution >= 4 is 10.2 Å². The molecule has 0 atom stereocenters. The third kappa shape index (κ3) is 1.29. The Labute approximate surface area is 51.3 Å². The Morgan fingerprint density at radius 3 is 2.44 bits per heavy atom. The van der Waals surface area contributed by atoms with Crippen LogP contribution in [0.15, 0.2) is 27.9 Å². The van der Waals surface area contributed by atoms with E-state index in [1.165, 1.54) is 6.07 Å². The van der Waals surface area contributed by atoms with E-state index in [0.717, 1.165) is 12.3 Å². The zero-order chi connectivity index (χ0) is 6.91. The van der Waals surface area contributed by atoms with E-state index >= 15 is 0 Å². The molecule has 3 nitrogen and oxygen atoms in total. The number of rotatable bonds is 1. The number of hydrogen-bond acceptors (Lipinski definition) is 3. The Morgan fingerprint density at radius 1 is 1.56 bits per heavy atom. The van der Waals surface area contributed by atoms with E-state index in [1.807, 2.05) is 0 Å². The van der Waals surface area contributed by atoms with Gasteiger partial charge in [-0.05, 0) is 12.1 Å². The Kier molecular flexibility index (Phi) is 1.28. The summed E-state index contributed by atoms with van der Waals surface area (Å²) >= 11 is 0. The van der Waals surface area contributed by atoms with Crippen LogP contribution in [0, 0.1) is 0 Å². The molecule has 50 valence electrons. The molecular weight excluding hydrogens is 147 g/mol. The zero-order valence-electron chi connectivity index (χ0n) is 4.24. The van der Waals surface area contributed by atoms with Crippen molar-refractivity contribution in [3.8, 4) is 0 Å². The van der Waals surface area contributed by atoms with Gasteiger partial charge in [0.1, 0.15) is 0 Å². The Balaban J connectivity index is 3.20. The van der Waals surface area contributed by atoms with Gasteiger partial charge in [0, 0.05) is 0 Å². The van der Waals surface area contributed by atoms with Gasteiger partial charge in [-0.25, -0.2) is 0 Å². The Bertz CT molecular complexity index is 273. The van der Waals surface area contributed by atoms with Gasteiger partial charge in [0.25, 0.3) is 0 Å². The summed E-state index contributed by atoms with van der Waals surface area (Å²) in [5.41, 5.74) is 0. The van der Waals surface area contributed by atoms with E-state index in [2.05, 4.69) is 4.42 Å². The lowest BCUT2D eigenvalue weighted by Gasteiger charge is -1.81. The fourth-order valence-electron chi connectivity index (χ4n) is 0.402. The van der Waals surface area contributed by atoms with E-state index in [1.54, 1.807) is 0 Å². The second kappa shape index (κ2) is 1.84. The van der Waals surface area contributed by atoms with Crippen LogP contribution in [0.25, 0.3) is 0 Å². The highest BCUT2D eigenvalue weighted by Gasteiger charge is 2.13. The average Bonchev–Trinajstić information content (AvgIpc) is 2.08. The van der Waals surface area contributed by atoms with E-state index < -0.39 is 15.3 Å². The highest BCUT2D eigenvalue weighted by atomic mass is 32.3. The normalized spacial score (nSPS) is 11.7. The van der Waals surface area contributed by atoms with Crippen molar-refractivity contribution in [2.45, 2.75) is 5.09 Å². The lowest BCUT2D eigenvalue weighted by molar-refractivity contribution is 0.434. The Hall–Kier alpha value is -0.840. The molecule has 0 radical (unpaired) electrons. The molecular formula is C4H3FO3S. The minimum absolute atomic E-state index is 0.650. The molecule has 1 aromatic rings. The first-order valence-electron chi connectivity index (χ1n) is 2.09. The molecule has 0 fully saturated rings. The molecule has 0 aromatic carbocycles. The summed E-state index contributed by atoms with van der Waals surface area (Å²) in [4.78, 5) is 0. The van der Waals surface area contributed by atoms with Crippen LogP contribution < -0.4 is 0 Å². The second-order valence-electron chi connectivity index (χ2n) is 1.37. The lowest BCUT2D eigenvalue weighted by atomic mass is 10.7. The van der Waals surface area contributed by atoms with Crippen molar-refractivity contribution in [2.75, 3.05) is 0 Å². The predicted molar refractivity (Wildman–Crippen MR) is 27.0 cm³/mol. The minimum atomic E-state index is -4.63. The van der Waals surface area contributed by atoms with Crippen molar-refractivity contribution in [3.05, 3.63) is 18.4 Å². The van der Waals surface area contributed by atoms with E-state index in [9.17, 15) is 12.3 Å². The van der Waals surface area contributed by atoms with Crippen molar-refractivity contribution in [1.82, 2.24) is 0 Å². The molecule has 1 rings (SSSR count). The molecule has 1 heterocycles. The summed E-state index contributed by atoms with van der Waals surface area (Å²) in [6, 6.07) is 2.34. The monoisotopic (exact) mass is 150 g/mol. The largest absolute Gasteiger partial charge is 0.451 e. The fraction of sp³-hybridized carbons (Fsp3) is 0. The molecule has 0 unspecified atom stereocenters. The Morgan fingerprint density at radius 2 is 2.22 bits per heavy atom. The first kappa shape index (κ1) is 6.28. The lowest BCUT2D eigenvalue weighted by Crippen LogP contribution is -1.86. The standard InChI is InChI=1S/C4H3FO3S/c5-9(6,7)4-2-1-3-8-4/h1-3H. The summed E-state index contributed by atoms with van der Waals surface area (Å²) in [6.07, 6.45) is 1.09. The summed E-state index contributed by atoms with van der Waals surface area (Å²) < 4.78 is 35.9. The number of hydrogen-bond donors (Lipinski definition) is 0. The molecule has 0 aliphatic heterocycles. The van der Waals surface area contributed by atoms with Crippen LogP contribution in [-0.2, 0) is 10.2 Å². The molecule has 9 heavy (non-hydrogen) atoms. The molecule has 0 N–H and O–H groups in total. The SMILES string of the molecule is O=S(=O)(F)c1ccco1. The second-order valence-corrected chi connectivity index (χ2v) is 2.65. The van der Waals surface area contributed by atoms with E-state index in [0.29, 0.717) is 0 Å². The van der Waals surface area contributed by atoms with Crippen LogP contribution in [0.3, 0.4) is 0 Å². The maximum absolute atomic E-state index is 11.8. The van der Waals surface area contributed by atoms with Crippen LogP contribution in [0.4, 0.5) is 3.89 Å². The van der Waals surface area contributed by atoms with Crippen LogP contribution in [0.5, 0.6) is 0 Å².